The van der Waals surface area contributed by atoms with Crippen molar-refractivity contribution < 1.29 is 0 Å². The van der Waals surface area contributed by atoms with Crippen LogP contribution in [0.4, 0.5) is 0 Å². The minimum Gasteiger partial charge on any atom is -0.328 e. The molecule has 0 bridgehead atoms. The lowest BCUT2D eigenvalue weighted by Crippen LogP contribution is -2.41. The highest BCUT2D eigenvalue weighted by atomic mass is 14.7. The lowest BCUT2D eigenvalue weighted by molar-refractivity contribution is 0.271. The lowest BCUT2D eigenvalue weighted by atomic mass is 9.81. The topological polar surface area (TPSA) is 52.0 Å². The molecule has 2 heteroatoms. The molecule has 1 saturated carbocycles. The third-order valence-electron chi connectivity index (χ3n) is 3.57. The Labute approximate surface area is 88.4 Å². The highest BCUT2D eigenvalue weighted by molar-refractivity contribution is 4.84. The molecule has 2 unspecified atom stereocenters. The average Bonchev–Trinajstić information content (AvgIpc) is 2.15. The van der Waals surface area contributed by atoms with Crippen LogP contribution in [0.15, 0.2) is 0 Å². The molecule has 84 valence electrons. The second-order valence-electron chi connectivity index (χ2n) is 5.49. The summed E-state index contributed by atoms with van der Waals surface area (Å²) in [7, 11) is 0. The Morgan fingerprint density at radius 2 is 1.57 bits per heavy atom. The number of hydrogen-bond acceptors (Lipinski definition) is 2. The Balaban J connectivity index is 2.49. The van der Waals surface area contributed by atoms with Gasteiger partial charge in [0.15, 0.2) is 0 Å². The van der Waals surface area contributed by atoms with Crippen LogP contribution < -0.4 is 11.5 Å². The summed E-state index contributed by atoms with van der Waals surface area (Å²) in [5.74, 6) is 0.659. The summed E-state index contributed by atoms with van der Waals surface area (Å²) in [5.41, 5.74) is 12.2. The Bertz CT molecular complexity index is 160. The van der Waals surface area contributed by atoms with E-state index in [4.69, 9.17) is 11.5 Å². The molecule has 0 radical (unpaired) electrons. The third kappa shape index (κ3) is 3.97. The average molecular weight is 198 g/mol. The van der Waals surface area contributed by atoms with E-state index in [0.717, 1.165) is 6.42 Å². The number of rotatable bonds is 1. The predicted molar refractivity (Wildman–Crippen MR) is 62.1 cm³/mol. The van der Waals surface area contributed by atoms with Crippen LogP contribution in [-0.4, -0.2) is 11.6 Å². The zero-order valence-corrected chi connectivity index (χ0v) is 9.76. The Morgan fingerprint density at radius 3 is 2.21 bits per heavy atom. The maximum atomic E-state index is 6.19. The zero-order chi connectivity index (χ0) is 10.6. The molecule has 14 heavy (non-hydrogen) atoms. The highest BCUT2D eigenvalue weighted by Gasteiger charge is 2.25. The molecule has 1 rings (SSSR count). The number of nitrogens with two attached hydrogens (primary N) is 2. The fourth-order valence-corrected chi connectivity index (χ4v) is 2.42. The summed E-state index contributed by atoms with van der Waals surface area (Å²) in [6.07, 6.45) is 8.83. The molecule has 0 aromatic rings. The fourth-order valence-electron chi connectivity index (χ4n) is 2.42. The minimum absolute atomic E-state index is 0.0237. The standard InChI is InChI=1S/C12H26N2/c1-12(2,14)10-6-4-3-5-7-11(13)9-8-10/h10-11H,3-9,13-14H2,1-2H3. The summed E-state index contributed by atoms with van der Waals surface area (Å²) in [6.45, 7) is 4.31. The summed E-state index contributed by atoms with van der Waals surface area (Å²) in [4.78, 5) is 0. The molecule has 1 aliphatic carbocycles. The second-order valence-corrected chi connectivity index (χ2v) is 5.49. The maximum Gasteiger partial charge on any atom is 0.0125 e. The molecule has 0 spiro atoms. The van der Waals surface area contributed by atoms with Crippen LogP contribution in [0.25, 0.3) is 0 Å². The minimum atomic E-state index is -0.0237. The van der Waals surface area contributed by atoms with Crippen LogP contribution in [0.5, 0.6) is 0 Å². The van der Waals surface area contributed by atoms with Crippen LogP contribution in [0.1, 0.15) is 58.8 Å². The molecule has 0 amide bonds. The molecule has 0 heterocycles. The molecule has 2 nitrogen and oxygen atoms in total. The molecule has 0 saturated heterocycles. The van der Waals surface area contributed by atoms with Crippen molar-refractivity contribution in [1.29, 1.82) is 0 Å². The quantitative estimate of drug-likeness (QED) is 0.680. The van der Waals surface area contributed by atoms with E-state index in [2.05, 4.69) is 13.8 Å². The Morgan fingerprint density at radius 1 is 0.929 bits per heavy atom. The van der Waals surface area contributed by atoms with Gasteiger partial charge in [0.1, 0.15) is 0 Å². The molecular weight excluding hydrogens is 172 g/mol. The third-order valence-corrected chi connectivity index (χ3v) is 3.57. The summed E-state index contributed by atoms with van der Waals surface area (Å²) in [6, 6.07) is 0.415. The fraction of sp³-hybridized carbons (Fsp3) is 1.00. The van der Waals surface area contributed by atoms with E-state index in [1.165, 1.54) is 38.5 Å². The summed E-state index contributed by atoms with van der Waals surface area (Å²) >= 11 is 0. The van der Waals surface area contributed by atoms with Gasteiger partial charge in [0.05, 0.1) is 0 Å². The van der Waals surface area contributed by atoms with Gasteiger partial charge >= 0.3 is 0 Å². The largest absolute Gasteiger partial charge is 0.328 e. The van der Waals surface area contributed by atoms with Crippen LogP contribution in [0.2, 0.25) is 0 Å². The van der Waals surface area contributed by atoms with Crippen molar-refractivity contribution in [2.75, 3.05) is 0 Å². The SMILES string of the molecule is CC(C)(N)C1CCCCCC(N)CC1. The molecule has 0 aromatic heterocycles. The smallest absolute Gasteiger partial charge is 0.0125 e. The van der Waals surface area contributed by atoms with Crippen molar-refractivity contribution in [1.82, 2.24) is 0 Å². The van der Waals surface area contributed by atoms with Gasteiger partial charge in [0.2, 0.25) is 0 Å². The Hall–Kier alpha value is -0.0800. The lowest BCUT2D eigenvalue weighted by Gasteiger charge is -2.31. The van der Waals surface area contributed by atoms with Gasteiger partial charge in [-0.2, -0.15) is 0 Å². The zero-order valence-electron chi connectivity index (χ0n) is 9.76. The van der Waals surface area contributed by atoms with Gasteiger partial charge < -0.3 is 11.5 Å². The Kier molecular flexibility index (Phi) is 4.39. The van der Waals surface area contributed by atoms with Gasteiger partial charge in [-0.1, -0.05) is 19.3 Å². The van der Waals surface area contributed by atoms with Gasteiger partial charge in [-0.15, -0.1) is 0 Å². The van der Waals surface area contributed by atoms with Crippen LogP contribution in [0.3, 0.4) is 0 Å². The van der Waals surface area contributed by atoms with Crippen LogP contribution >= 0.6 is 0 Å². The first-order valence-electron chi connectivity index (χ1n) is 6.04. The first-order valence-corrected chi connectivity index (χ1v) is 6.04. The van der Waals surface area contributed by atoms with E-state index in [-0.39, 0.29) is 5.54 Å². The predicted octanol–water partition coefficient (Wildman–Crippen LogP) is 2.41. The van der Waals surface area contributed by atoms with E-state index in [0.29, 0.717) is 12.0 Å². The highest BCUT2D eigenvalue weighted by Crippen LogP contribution is 2.28. The van der Waals surface area contributed by atoms with Crippen molar-refractivity contribution in [3.05, 3.63) is 0 Å². The van der Waals surface area contributed by atoms with Crippen molar-refractivity contribution >= 4 is 0 Å². The second kappa shape index (κ2) is 5.13. The summed E-state index contributed by atoms with van der Waals surface area (Å²) in [5, 5.41) is 0. The molecule has 1 aliphatic rings. The summed E-state index contributed by atoms with van der Waals surface area (Å²) < 4.78 is 0. The van der Waals surface area contributed by atoms with Crippen molar-refractivity contribution in [3.8, 4) is 0 Å². The first-order chi connectivity index (χ1) is 6.50. The molecule has 2 atom stereocenters. The first kappa shape index (κ1) is 12.0. The molecule has 4 N–H and O–H groups in total. The van der Waals surface area contributed by atoms with Crippen molar-refractivity contribution in [2.45, 2.75) is 70.4 Å². The molecule has 0 aliphatic heterocycles. The normalized spacial score (nSPS) is 31.7. The molecule has 0 aromatic carbocycles. The van der Waals surface area contributed by atoms with Gasteiger partial charge in [-0.25, -0.2) is 0 Å². The monoisotopic (exact) mass is 198 g/mol. The van der Waals surface area contributed by atoms with E-state index >= 15 is 0 Å². The van der Waals surface area contributed by atoms with E-state index in [1.54, 1.807) is 0 Å². The van der Waals surface area contributed by atoms with Crippen LogP contribution in [0, 0.1) is 5.92 Å². The van der Waals surface area contributed by atoms with Crippen LogP contribution in [-0.2, 0) is 0 Å². The van der Waals surface area contributed by atoms with Crippen molar-refractivity contribution in [3.63, 3.8) is 0 Å². The van der Waals surface area contributed by atoms with E-state index in [1.807, 2.05) is 0 Å². The van der Waals surface area contributed by atoms with Gasteiger partial charge in [0.25, 0.3) is 0 Å². The molecule has 1 fully saturated rings. The van der Waals surface area contributed by atoms with E-state index in [9.17, 15) is 0 Å². The van der Waals surface area contributed by atoms with Gasteiger partial charge in [-0.3, -0.25) is 0 Å². The van der Waals surface area contributed by atoms with Gasteiger partial charge in [-0.05, 0) is 45.4 Å². The number of hydrogen-bond donors (Lipinski definition) is 2. The maximum absolute atomic E-state index is 6.19. The molecular formula is C12H26N2. The van der Waals surface area contributed by atoms with Crippen molar-refractivity contribution in [2.24, 2.45) is 17.4 Å². The van der Waals surface area contributed by atoms with Gasteiger partial charge in [0, 0.05) is 11.6 Å². The van der Waals surface area contributed by atoms with E-state index < -0.39 is 0 Å².